The van der Waals surface area contributed by atoms with E-state index < -0.39 is 0 Å². The van der Waals surface area contributed by atoms with Crippen molar-refractivity contribution in [1.29, 1.82) is 0 Å². The van der Waals surface area contributed by atoms with Crippen molar-refractivity contribution in [2.75, 3.05) is 24.7 Å². The number of hydrogen-bond donors (Lipinski definition) is 1. The topological polar surface area (TPSA) is 68.2 Å². The van der Waals surface area contributed by atoms with Gasteiger partial charge in [0.05, 0.1) is 10.6 Å². The molecule has 0 radical (unpaired) electrons. The summed E-state index contributed by atoms with van der Waals surface area (Å²) in [5, 5.41) is 4.33. The third kappa shape index (κ3) is 1.94. The lowest BCUT2D eigenvalue weighted by molar-refractivity contribution is 0.431. The van der Waals surface area contributed by atoms with E-state index in [1.54, 1.807) is 23.1 Å². The minimum Gasteiger partial charge on any atom is -0.399 e. The van der Waals surface area contributed by atoms with Gasteiger partial charge in [-0.15, -0.1) is 0 Å². The van der Waals surface area contributed by atoms with E-state index in [9.17, 15) is 0 Å². The van der Waals surface area contributed by atoms with E-state index >= 15 is 0 Å². The highest BCUT2D eigenvalue weighted by Crippen LogP contribution is 2.29. The van der Waals surface area contributed by atoms with E-state index in [1.165, 1.54) is 0 Å². The van der Waals surface area contributed by atoms with Crippen molar-refractivity contribution in [3.8, 4) is 11.5 Å². The van der Waals surface area contributed by atoms with Crippen LogP contribution in [0.5, 0.6) is 0 Å². The molecule has 0 fully saturated rings. The van der Waals surface area contributed by atoms with E-state index in [0.717, 1.165) is 0 Å². The van der Waals surface area contributed by atoms with Crippen LogP contribution in [0.1, 0.15) is 0 Å². The van der Waals surface area contributed by atoms with Gasteiger partial charge in [0.2, 0.25) is 0 Å². The number of benzene rings is 1. The first-order valence-corrected chi connectivity index (χ1v) is 5.02. The van der Waals surface area contributed by atoms with E-state index in [0.29, 0.717) is 28.1 Å². The smallest absolute Gasteiger partial charge is 0.265 e. The molecule has 0 atom stereocenters. The Hall–Kier alpha value is -1.75. The third-order valence-electron chi connectivity index (χ3n) is 2.04. The summed E-state index contributed by atoms with van der Waals surface area (Å²) in [6, 6.07) is 5.12. The number of anilines is 2. The van der Waals surface area contributed by atoms with Gasteiger partial charge >= 0.3 is 0 Å². The van der Waals surface area contributed by atoms with Crippen molar-refractivity contribution in [3.63, 3.8) is 0 Å². The first-order chi connectivity index (χ1) is 7.58. The summed E-state index contributed by atoms with van der Waals surface area (Å²) in [5.41, 5.74) is 6.91. The van der Waals surface area contributed by atoms with Crippen LogP contribution in [0.15, 0.2) is 22.7 Å². The Balaban J connectivity index is 2.46. The van der Waals surface area contributed by atoms with Gasteiger partial charge in [0.1, 0.15) is 0 Å². The Morgan fingerprint density at radius 1 is 1.38 bits per heavy atom. The molecule has 2 aromatic rings. The Morgan fingerprint density at radius 2 is 2.12 bits per heavy atom. The predicted molar refractivity (Wildman–Crippen MR) is 63.5 cm³/mol. The molecule has 6 heteroatoms. The van der Waals surface area contributed by atoms with E-state index in [4.69, 9.17) is 21.9 Å². The largest absolute Gasteiger partial charge is 0.399 e. The molecular formula is C10H11ClN4O. The van der Waals surface area contributed by atoms with Gasteiger partial charge in [-0.1, -0.05) is 11.6 Å². The van der Waals surface area contributed by atoms with Crippen molar-refractivity contribution < 1.29 is 4.52 Å². The van der Waals surface area contributed by atoms with Crippen LogP contribution < -0.4 is 10.6 Å². The molecule has 2 N–H and O–H groups in total. The van der Waals surface area contributed by atoms with Gasteiger partial charge in [0.15, 0.2) is 0 Å². The van der Waals surface area contributed by atoms with Crippen LogP contribution in [-0.2, 0) is 0 Å². The predicted octanol–water partition coefficient (Wildman–Crippen LogP) is 2.04. The van der Waals surface area contributed by atoms with Gasteiger partial charge in [0.25, 0.3) is 11.8 Å². The molecule has 2 rings (SSSR count). The number of nitrogen functional groups attached to an aromatic ring is 1. The molecule has 0 amide bonds. The van der Waals surface area contributed by atoms with E-state index in [1.807, 2.05) is 14.1 Å². The Morgan fingerprint density at radius 3 is 2.75 bits per heavy atom. The molecule has 0 aliphatic rings. The summed E-state index contributed by atoms with van der Waals surface area (Å²) in [5.74, 6) is 0.856. The van der Waals surface area contributed by atoms with Gasteiger partial charge in [-0.2, -0.15) is 4.98 Å². The average Bonchev–Trinajstić information content (AvgIpc) is 2.70. The second kappa shape index (κ2) is 4.02. The van der Waals surface area contributed by atoms with Crippen molar-refractivity contribution in [2.24, 2.45) is 0 Å². The molecule has 1 aromatic heterocycles. The molecule has 0 saturated heterocycles. The maximum atomic E-state index is 6.02. The van der Waals surface area contributed by atoms with Crippen LogP contribution in [0, 0.1) is 0 Å². The van der Waals surface area contributed by atoms with Gasteiger partial charge in [-0.3, -0.25) is 0 Å². The summed E-state index contributed by atoms with van der Waals surface area (Å²) >= 11 is 6.02. The number of hydrogen-bond acceptors (Lipinski definition) is 5. The van der Waals surface area contributed by atoms with Gasteiger partial charge < -0.3 is 15.2 Å². The molecule has 5 nitrogen and oxygen atoms in total. The molecule has 0 bridgehead atoms. The number of nitrogens with zero attached hydrogens (tertiary/aromatic N) is 3. The quantitative estimate of drug-likeness (QED) is 0.811. The molecule has 0 spiro atoms. The molecule has 16 heavy (non-hydrogen) atoms. The van der Waals surface area contributed by atoms with Crippen molar-refractivity contribution in [1.82, 2.24) is 10.1 Å². The summed E-state index contributed by atoms with van der Waals surface area (Å²) in [7, 11) is 3.66. The van der Waals surface area contributed by atoms with Crippen LogP contribution in [0.25, 0.3) is 11.5 Å². The lowest BCUT2D eigenvalue weighted by Crippen LogP contribution is -2.10. The Kier molecular flexibility index (Phi) is 2.70. The molecule has 0 aliphatic heterocycles. The van der Waals surface area contributed by atoms with E-state index in [2.05, 4.69) is 10.1 Å². The zero-order valence-electron chi connectivity index (χ0n) is 8.94. The van der Waals surface area contributed by atoms with Gasteiger partial charge in [-0.05, 0) is 23.4 Å². The molecule has 0 unspecified atom stereocenters. The molecular weight excluding hydrogens is 228 g/mol. The monoisotopic (exact) mass is 238 g/mol. The number of aromatic nitrogens is 2. The van der Waals surface area contributed by atoms with E-state index in [-0.39, 0.29) is 0 Å². The second-order valence-corrected chi connectivity index (χ2v) is 3.94. The number of nitrogens with two attached hydrogens (primary N) is 1. The van der Waals surface area contributed by atoms with Crippen molar-refractivity contribution in [3.05, 3.63) is 23.2 Å². The highest BCUT2D eigenvalue weighted by atomic mass is 35.5. The van der Waals surface area contributed by atoms with Gasteiger partial charge in [-0.25, -0.2) is 0 Å². The zero-order chi connectivity index (χ0) is 11.7. The molecule has 1 aromatic carbocycles. The minimum absolute atomic E-state index is 0.362. The lowest BCUT2D eigenvalue weighted by Gasteiger charge is -2.02. The standard InChI is InChI=1S/C10H11ClN4O/c1-15(2)10-13-9(16-14-10)7-5-6(12)3-4-8(7)11/h3-5H,12H2,1-2H3. The first-order valence-electron chi connectivity index (χ1n) is 4.64. The lowest BCUT2D eigenvalue weighted by atomic mass is 10.2. The maximum Gasteiger partial charge on any atom is 0.265 e. The Labute approximate surface area is 97.8 Å². The van der Waals surface area contributed by atoms with Crippen LogP contribution in [-0.4, -0.2) is 24.2 Å². The fourth-order valence-electron chi connectivity index (χ4n) is 1.21. The van der Waals surface area contributed by atoms with Crippen LogP contribution in [0.2, 0.25) is 5.02 Å². The number of rotatable bonds is 2. The first kappa shape index (κ1) is 10.8. The highest BCUT2D eigenvalue weighted by Gasteiger charge is 2.13. The Bertz CT molecular complexity index is 509. The highest BCUT2D eigenvalue weighted by molar-refractivity contribution is 6.33. The SMILES string of the molecule is CN(C)c1noc(-c2cc(N)ccc2Cl)n1. The van der Waals surface area contributed by atoms with Crippen LogP contribution >= 0.6 is 11.6 Å². The molecule has 0 saturated carbocycles. The van der Waals surface area contributed by atoms with Crippen molar-refractivity contribution in [2.45, 2.75) is 0 Å². The van der Waals surface area contributed by atoms with Crippen molar-refractivity contribution >= 4 is 23.2 Å². The summed E-state index contributed by atoms with van der Waals surface area (Å²) < 4.78 is 5.11. The number of halogens is 1. The van der Waals surface area contributed by atoms with Crippen LogP contribution in [0.3, 0.4) is 0 Å². The summed E-state index contributed by atoms with van der Waals surface area (Å²) in [6.07, 6.45) is 0. The summed E-state index contributed by atoms with van der Waals surface area (Å²) in [6.45, 7) is 0. The molecule has 84 valence electrons. The third-order valence-corrected chi connectivity index (χ3v) is 2.37. The molecule has 1 heterocycles. The average molecular weight is 239 g/mol. The maximum absolute atomic E-state index is 6.02. The summed E-state index contributed by atoms with van der Waals surface area (Å²) in [4.78, 5) is 5.93. The normalized spacial score (nSPS) is 10.4. The zero-order valence-corrected chi connectivity index (χ0v) is 9.69. The minimum atomic E-state index is 0.362. The molecule has 0 aliphatic carbocycles. The van der Waals surface area contributed by atoms with Crippen LogP contribution in [0.4, 0.5) is 11.6 Å². The fourth-order valence-corrected chi connectivity index (χ4v) is 1.41. The second-order valence-electron chi connectivity index (χ2n) is 3.53. The van der Waals surface area contributed by atoms with Gasteiger partial charge in [0, 0.05) is 19.8 Å². The fraction of sp³-hybridized carbons (Fsp3) is 0.200.